The molecule has 0 atom stereocenters. The van der Waals surface area contributed by atoms with Crippen LogP contribution in [0.5, 0.6) is 11.5 Å². The zero-order valence-electron chi connectivity index (χ0n) is 12.0. The molecule has 2 aromatic rings. The number of carbonyl (C=O) groups excluding carboxylic acids is 1. The Bertz CT molecular complexity index is 722. The van der Waals surface area contributed by atoms with E-state index in [0.717, 1.165) is 11.6 Å². The predicted molar refractivity (Wildman–Crippen MR) is 85.8 cm³/mol. The number of nitrogens with zero attached hydrogens (tertiary/aromatic N) is 1. The summed E-state index contributed by atoms with van der Waals surface area (Å²) in [5, 5.41) is 22.7. The van der Waals surface area contributed by atoms with E-state index < -0.39 is 5.91 Å². The van der Waals surface area contributed by atoms with Crippen LogP contribution in [0, 0.1) is 0 Å². The van der Waals surface area contributed by atoms with E-state index in [1.807, 2.05) is 36.4 Å². The number of rotatable bonds is 4. The molecule has 2 rings (SSSR count). The van der Waals surface area contributed by atoms with Gasteiger partial charge in [-0.05, 0) is 30.7 Å². The van der Waals surface area contributed by atoms with Crippen LogP contribution >= 0.6 is 0 Å². The molecule has 0 aliphatic rings. The molecule has 0 aliphatic heterocycles. The van der Waals surface area contributed by atoms with Crippen molar-refractivity contribution in [3.8, 4) is 11.5 Å². The second kappa shape index (κ2) is 7.08. The van der Waals surface area contributed by atoms with Crippen LogP contribution < -0.4 is 5.43 Å². The fourth-order valence-corrected chi connectivity index (χ4v) is 1.73. The molecule has 112 valence electrons. The molecule has 0 fully saturated rings. The predicted octanol–water partition coefficient (Wildman–Crippen LogP) is 2.92. The second-order valence-corrected chi connectivity index (χ2v) is 4.64. The van der Waals surface area contributed by atoms with E-state index in [2.05, 4.69) is 10.5 Å². The normalized spacial score (nSPS) is 11.6. The lowest BCUT2D eigenvalue weighted by Crippen LogP contribution is -2.18. The summed E-state index contributed by atoms with van der Waals surface area (Å²) < 4.78 is 0. The van der Waals surface area contributed by atoms with Gasteiger partial charge in [0.2, 0.25) is 0 Å². The third-order valence-corrected chi connectivity index (χ3v) is 2.88. The average Bonchev–Trinajstić information content (AvgIpc) is 2.51. The van der Waals surface area contributed by atoms with Gasteiger partial charge in [-0.3, -0.25) is 4.79 Å². The molecule has 0 aliphatic carbocycles. The number of hydrazone groups is 1. The number of aromatic hydroxyl groups is 2. The number of nitrogens with one attached hydrogen (secondary N) is 1. The molecule has 0 aromatic heterocycles. The Morgan fingerprint density at radius 3 is 2.55 bits per heavy atom. The van der Waals surface area contributed by atoms with Crippen molar-refractivity contribution in [3.63, 3.8) is 0 Å². The first kappa shape index (κ1) is 15.3. The van der Waals surface area contributed by atoms with Crippen LogP contribution in [0.15, 0.2) is 59.7 Å². The molecular formula is C17H16N2O3. The summed E-state index contributed by atoms with van der Waals surface area (Å²) in [7, 11) is 0. The van der Waals surface area contributed by atoms with Crippen molar-refractivity contribution in [2.75, 3.05) is 0 Å². The minimum Gasteiger partial charge on any atom is -0.508 e. The fraction of sp³-hybridized carbons (Fsp3) is 0.0588. The lowest BCUT2D eigenvalue weighted by molar-refractivity contribution is 0.0952. The molecule has 1 amide bonds. The number of hydrogen-bond acceptors (Lipinski definition) is 4. The molecule has 0 unspecified atom stereocenters. The average molecular weight is 296 g/mol. The molecule has 0 saturated heterocycles. The van der Waals surface area contributed by atoms with Crippen molar-refractivity contribution in [2.45, 2.75) is 6.92 Å². The summed E-state index contributed by atoms with van der Waals surface area (Å²) in [4.78, 5) is 11.9. The van der Waals surface area contributed by atoms with Crippen LogP contribution in [0.4, 0.5) is 0 Å². The van der Waals surface area contributed by atoms with Crippen molar-refractivity contribution in [3.05, 3.63) is 65.7 Å². The van der Waals surface area contributed by atoms with E-state index in [4.69, 9.17) is 0 Å². The van der Waals surface area contributed by atoms with E-state index in [0.29, 0.717) is 5.71 Å². The van der Waals surface area contributed by atoms with Gasteiger partial charge in [0, 0.05) is 6.07 Å². The van der Waals surface area contributed by atoms with E-state index in [9.17, 15) is 15.0 Å². The third-order valence-electron chi connectivity index (χ3n) is 2.88. The third kappa shape index (κ3) is 4.21. The molecule has 0 spiro atoms. The minimum atomic E-state index is -0.551. The molecule has 3 N–H and O–H groups in total. The van der Waals surface area contributed by atoms with Crippen LogP contribution in [0.3, 0.4) is 0 Å². The number of phenols is 2. The standard InChI is InChI=1S/C17H16N2O3/c1-12(7-8-13-5-3-2-4-6-13)18-19-17(22)15-10-9-14(20)11-16(15)21/h2-11,20-21H,1H3,(H,19,22). The van der Waals surface area contributed by atoms with Gasteiger partial charge >= 0.3 is 0 Å². The topological polar surface area (TPSA) is 81.9 Å². The molecule has 5 heteroatoms. The molecule has 0 radical (unpaired) electrons. The summed E-state index contributed by atoms with van der Waals surface area (Å²) in [5.41, 5.74) is 4.03. The zero-order valence-corrected chi connectivity index (χ0v) is 12.0. The molecule has 0 bridgehead atoms. The molecule has 0 heterocycles. The van der Waals surface area contributed by atoms with Crippen molar-refractivity contribution < 1.29 is 15.0 Å². The molecule has 22 heavy (non-hydrogen) atoms. The first-order valence-corrected chi connectivity index (χ1v) is 6.66. The van der Waals surface area contributed by atoms with Crippen LogP contribution in [0.25, 0.3) is 6.08 Å². The van der Waals surface area contributed by atoms with Gasteiger partial charge in [0.1, 0.15) is 11.5 Å². The first-order valence-electron chi connectivity index (χ1n) is 6.66. The van der Waals surface area contributed by atoms with Gasteiger partial charge in [0.25, 0.3) is 5.91 Å². The molecule has 5 nitrogen and oxygen atoms in total. The lowest BCUT2D eigenvalue weighted by Gasteiger charge is -2.03. The highest BCUT2D eigenvalue weighted by atomic mass is 16.3. The number of hydrogen-bond donors (Lipinski definition) is 3. The highest BCUT2D eigenvalue weighted by Gasteiger charge is 2.10. The highest BCUT2D eigenvalue weighted by Crippen LogP contribution is 2.22. The van der Waals surface area contributed by atoms with Crippen molar-refractivity contribution in [1.29, 1.82) is 0 Å². The summed E-state index contributed by atoms with van der Waals surface area (Å²) in [6.07, 6.45) is 3.65. The van der Waals surface area contributed by atoms with Gasteiger partial charge in [-0.2, -0.15) is 5.10 Å². The van der Waals surface area contributed by atoms with Crippen molar-refractivity contribution >= 4 is 17.7 Å². The second-order valence-electron chi connectivity index (χ2n) is 4.64. The zero-order chi connectivity index (χ0) is 15.9. The first-order chi connectivity index (χ1) is 10.6. The summed E-state index contributed by atoms with van der Waals surface area (Å²) in [6.45, 7) is 1.75. The Hall–Kier alpha value is -3.08. The Balaban J connectivity index is 2.01. The maximum Gasteiger partial charge on any atom is 0.275 e. The molecule has 0 saturated carbocycles. The largest absolute Gasteiger partial charge is 0.508 e. The lowest BCUT2D eigenvalue weighted by atomic mass is 10.2. The van der Waals surface area contributed by atoms with Crippen molar-refractivity contribution in [1.82, 2.24) is 5.43 Å². The summed E-state index contributed by atoms with van der Waals surface area (Å²) in [6, 6.07) is 13.4. The molecular weight excluding hydrogens is 280 g/mol. The van der Waals surface area contributed by atoms with E-state index in [1.165, 1.54) is 12.1 Å². The van der Waals surface area contributed by atoms with Crippen LogP contribution in [0.2, 0.25) is 0 Å². The van der Waals surface area contributed by atoms with Crippen LogP contribution in [-0.2, 0) is 0 Å². The van der Waals surface area contributed by atoms with Crippen molar-refractivity contribution in [2.24, 2.45) is 5.10 Å². The number of allylic oxidation sites excluding steroid dienone is 1. The van der Waals surface area contributed by atoms with Gasteiger partial charge in [-0.15, -0.1) is 0 Å². The van der Waals surface area contributed by atoms with E-state index in [1.54, 1.807) is 13.0 Å². The van der Waals surface area contributed by atoms with E-state index in [-0.39, 0.29) is 17.1 Å². The minimum absolute atomic E-state index is 0.0430. The van der Waals surface area contributed by atoms with Gasteiger partial charge in [0.05, 0.1) is 11.3 Å². The van der Waals surface area contributed by atoms with E-state index >= 15 is 0 Å². The smallest absolute Gasteiger partial charge is 0.275 e. The Morgan fingerprint density at radius 2 is 1.86 bits per heavy atom. The fourth-order valence-electron chi connectivity index (χ4n) is 1.73. The highest BCUT2D eigenvalue weighted by molar-refractivity contribution is 6.00. The number of phenolic OH excluding ortho intramolecular Hbond substituents is 2. The SMILES string of the molecule is CC(C=Cc1ccccc1)=NNC(=O)c1ccc(O)cc1O. The van der Waals surface area contributed by atoms with Gasteiger partial charge in [0.15, 0.2) is 0 Å². The summed E-state index contributed by atoms with van der Waals surface area (Å²) in [5.74, 6) is -0.963. The maximum atomic E-state index is 11.9. The maximum absolute atomic E-state index is 11.9. The summed E-state index contributed by atoms with van der Waals surface area (Å²) >= 11 is 0. The van der Waals surface area contributed by atoms with Gasteiger partial charge in [-0.25, -0.2) is 5.43 Å². The monoisotopic (exact) mass is 296 g/mol. The number of carbonyl (C=O) groups is 1. The number of amides is 1. The Morgan fingerprint density at radius 1 is 1.14 bits per heavy atom. The number of benzene rings is 2. The Kier molecular flexibility index (Phi) is 4.93. The molecule has 2 aromatic carbocycles. The van der Waals surface area contributed by atoms with Crippen LogP contribution in [-0.4, -0.2) is 21.8 Å². The van der Waals surface area contributed by atoms with Crippen LogP contribution in [0.1, 0.15) is 22.8 Å². The Labute approximate surface area is 128 Å². The van der Waals surface area contributed by atoms with Gasteiger partial charge in [-0.1, -0.05) is 36.4 Å². The van der Waals surface area contributed by atoms with Gasteiger partial charge < -0.3 is 10.2 Å². The quantitative estimate of drug-likeness (QED) is 0.599.